The maximum atomic E-state index is 10.7. The fraction of sp³-hybridized carbons (Fsp3) is 0.435. The predicted molar refractivity (Wildman–Crippen MR) is 108 cm³/mol. The van der Waals surface area contributed by atoms with Gasteiger partial charge < -0.3 is 10.4 Å². The van der Waals surface area contributed by atoms with E-state index in [0.717, 1.165) is 32.5 Å². The average molecular weight is 367 g/mol. The van der Waals surface area contributed by atoms with Crippen LogP contribution in [0.1, 0.15) is 36.8 Å². The molecule has 2 aromatic rings. The molecule has 27 heavy (non-hydrogen) atoms. The highest BCUT2D eigenvalue weighted by Gasteiger charge is 2.23. The van der Waals surface area contributed by atoms with E-state index in [0.29, 0.717) is 18.4 Å². The van der Waals surface area contributed by atoms with Crippen LogP contribution in [0.25, 0.3) is 0 Å². The lowest BCUT2D eigenvalue weighted by atomic mass is 9.81. The van der Waals surface area contributed by atoms with Crippen LogP contribution in [0.3, 0.4) is 0 Å². The molecule has 4 heteroatoms. The van der Waals surface area contributed by atoms with Crippen LogP contribution in [0.2, 0.25) is 0 Å². The second-order valence-electron chi connectivity index (χ2n) is 7.71. The first kappa shape index (κ1) is 19.4. The van der Waals surface area contributed by atoms with E-state index in [4.69, 9.17) is 5.11 Å². The van der Waals surface area contributed by atoms with Crippen molar-refractivity contribution in [3.8, 4) is 0 Å². The third-order valence-electron chi connectivity index (χ3n) is 5.52. The molecule has 0 atom stereocenters. The summed E-state index contributed by atoms with van der Waals surface area (Å²) in [5.41, 5.74) is 2.71. The van der Waals surface area contributed by atoms with Gasteiger partial charge in [0.1, 0.15) is 0 Å². The zero-order chi connectivity index (χ0) is 18.9. The van der Waals surface area contributed by atoms with Gasteiger partial charge in [-0.2, -0.15) is 0 Å². The highest BCUT2D eigenvalue weighted by atomic mass is 16.4. The molecule has 0 aliphatic heterocycles. The van der Waals surface area contributed by atoms with Gasteiger partial charge in [0.05, 0.1) is 0 Å². The van der Waals surface area contributed by atoms with E-state index in [2.05, 4.69) is 70.9 Å². The van der Waals surface area contributed by atoms with Crippen molar-refractivity contribution in [3.05, 3.63) is 71.8 Å². The highest BCUT2D eigenvalue weighted by molar-refractivity contribution is 5.64. The van der Waals surface area contributed by atoms with Gasteiger partial charge in [-0.25, -0.2) is 4.79 Å². The minimum atomic E-state index is -0.908. The maximum absolute atomic E-state index is 10.7. The molecule has 4 nitrogen and oxygen atoms in total. The topological polar surface area (TPSA) is 52.6 Å². The molecule has 1 aliphatic rings. The molecular formula is C23H30N2O2. The molecule has 3 rings (SSSR count). The summed E-state index contributed by atoms with van der Waals surface area (Å²) in [5.74, 6) is 1.19. The van der Waals surface area contributed by atoms with Crippen molar-refractivity contribution < 1.29 is 9.90 Å². The highest BCUT2D eigenvalue weighted by Crippen LogP contribution is 2.29. The van der Waals surface area contributed by atoms with E-state index in [-0.39, 0.29) is 0 Å². The van der Waals surface area contributed by atoms with Crippen molar-refractivity contribution in [2.75, 3.05) is 13.1 Å². The van der Waals surface area contributed by atoms with Crippen LogP contribution < -0.4 is 5.32 Å². The van der Waals surface area contributed by atoms with Gasteiger partial charge in [-0.05, 0) is 48.6 Å². The summed E-state index contributed by atoms with van der Waals surface area (Å²) < 4.78 is 0. The summed E-state index contributed by atoms with van der Waals surface area (Å²) in [6.45, 7) is 3.63. The van der Waals surface area contributed by atoms with Crippen LogP contribution >= 0.6 is 0 Å². The van der Waals surface area contributed by atoms with Crippen molar-refractivity contribution >= 4 is 6.09 Å². The summed E-state index contributed by atoms with van der Waals surface area (Å²) in [6, 6.07) is 21.4. The smallest absolute Gasteiger partial charge is 0.404 e. The number of nitrogens with zero attached hydrogens (tertiary/aromatic N) is 1. The third-order valence-corrected chi connectivity index (χ3v) is 5.52. The zero-order valence-electron chi connectivity index (χ0n) is 15.9. The van der Waals surface area contributed by atoms with Crippen LogP contribution in [0, 0.1) is 11.8 Å². The number of nitrogens with one attached hydrogen (secondary N) is 1. The SMILES string of the molecule is O=C(O)NCC1CCC(CN(Cc2ccccc2)Cc2ccccc2)CC1. The van der Waals surface area contributed by atoms with E-state index < -0.39 is 6.09 Å². The van der Waals surface area contributed by atoms with Crippen LogP contribution in [0.15, 0.2) is 60.7 Å². The van der Waals surface area contributed by atoms with Crippen LogP contribution in [0.5, 0.6) is 0 Å². The van der Waals surface area contributed by atoms with Crippen molar-refractivity contribution in [3.63, 3.8) is 0 Å². The Bertz CT molecular complexity index is 641. The van der Waals surface area contributed by atoms with Gasteiger partial charge in [0.25, 0.3) is 0 Å². The quantitative estimate of drug-likeness (QED) is 0.708. The summed E-state index contributed by atoms with van der Waals surface area (Å²) >= 11 is 0. The number of carboxylic acid groups (broad SMARTS) is 1. The molecule has 2 N–H and O–H groups in total. The molecule has 0 saturated heterocycles. The number of rotatable bonds is 8. The minimum absolute atomic E-state index is 0.494. The molecule has 0 heterocycles. The molecule has 2 aromatic carbocycles. The largest absolute Gasteiger partial charge is 0.465 e. The van der Waals surface area contributed by atoms with Gasteiger partial charge in [-0.1, -0.05) is 60.7 Å². The summed E-state index contributed by atoms with van der Waals surface area (Å²) in [4.78, 5) is 13.2. The number of amides is 1. The number of carbonyl (C=O) groups is 1. The van der Waals surface area contributed by atoms with Crippen molar-refractivity contribution in [1.29, 1.82) is 0 Å². The van der Waals surface area contributed by atoms with Crippen molar-refractivity contribution in [2.24, 2.45) is 11.8 Å². The lowest BCUT2D eigenvalue weighted by Gasteiger charge is -2.33. The molecule has 0 bridgehead atoms. The van der Waals surface area contributed by atoms with Crippen LogP contribution in [0.4, 0.5) is 4.79 Å². The fourth-order valence-corrected chi connectivity index (χ4v) is 4.08. The zero-order valence-corrected chi connectivity index (χ0v) is 15.9. The van der Waals surface area contributed by atoms with E-state index in [9.17, 15) is 4.79 Å². The second kappa shape index (κ2) is 10.1. The third kappa shape index (κ3) is 6.72. The number of hydrogen-bond acceptors (Lipinski definition) is 2. The Morgan fingerprint density at radius 1 is 0.852 bits per heavy atom. The normalized spacial score (nSPS) is 19.7. The lowest BCUT2D eigenvalue weighted by molar-refractivity contribution is 0.163. The summed E-state index contributed by atoms with van der Waals surface area (Å²) in [5, 5.41) is 11.3. The van der Waals surface area contributed by atoms with Crippen molar-refractivity contribution in [2.45, 2.75) is 38.8 Å². The Morgan fingerprint density at radius 3 is 1.81 bits per heavy atom. The first-order valence-electron chi connectivity index (χ1n) is 9.96. The summed E-state index contributed by atoms with van der Waals surface area (Å²) in [6.07, 6.45) is 3.71. The first-order chi connectivity index (χ1) is 13.2. The minimum Gasteiger partial charge on any atom is -0.465 e. The Balaban J connectivity index is 1.56. The second-order valence-corrected chi connectivity index (χ2v) is 7.71. The molecule has 144 valence electrons. The van der Waals surface area contributed by atoms with Gasteiger partial charge in [-0.15, -0.1) is 0 Å². The lowest BCUT2D eigenvalue weighted by Crippen LogP contribution is -2.34. The fourth-order valence-electron chi connectivity index (χ4n) is 4.08. The summed E-state index contributed by atoms with van der Waals surface area (Å²) in [7, 11) is 0. The van der Waals surface area contributed by atoms with E-state index in [1.54, 1.807) is 0 Å². The number of hydrogen-bond donors (Lipinski definition) is 2. The van der Waals surface area contributed by atoms with E-state index in [1.165, 1.54) is 24.0 Å². The molecular weight excluding hydrogens is 336 g/mol. The maximum Gasteiger partial charge on any atom is 0.404 e. The van der Waals surface area contributed by atoms with E-state index >= 15 is 0 Å². The Hall–Kier alpha value is -2.33. The first-order valence-corrected chi connectivity index (χ1v) is 9.96. The van der Waals surface area contributed by atoms with Gasteiger partial charge in [0, 0.05) is 26.2 Å². The predicted octanol–water partition coefficient (Wildman–Crippen LogP) is 4.76. The number of benzene rings is 2. The van der Waals surface area contributed by atoms with Gasteiger partial charge in [0.2, 0.25) is 0 Å². The van der Waals surface area contributed by atoms with Crippen LogP contribution in [-0.2, 0) is 13.1 Å². The molecule has 0 unspecified atom stereocenters. The van der Waals surface area contributed by atoms with Gasteiger partial charge in [0.15, 0.2) is 0 Å². The molecule has 1 aliphatic carbocycles. The molecule has 0 aromatic heterocycles. The molecule has 1 amide bonds. The van der Waals surface area contributed by atoms with Crippen molar-refractivity contribution in [1.82, 2.24) is 10.2 Å². The van der Waals surface area contributed by atoms with Crippen LogP contribution in [-0.4, -0.2) is 29.2 Å². The Labute approximate surface area is 162 Å². The molecule has 1 saturated carbocycles. The average Bonchev–Trinajstić information content (AvgIpc) is 2.69. The molecule has 1 fully saturated rings. The molecule has 0 spiro atoms. The Morgan fingerprint density at radius 2 is 1.33 bits per heavy atom. The monoisotopic (exact) mass is 366 g/mol. The Kier molecular flexibility index (Phi) is 7.28. The standard InChI is InChI=1S/C23H30N2O2/c26-23(27)24-15-19-11-13-22(14-12-19)18-25(16-20-7-3-1-4-8-20)17-21-9-5-2-6-10-21/h1-10,19,22,24H,11-18H2,(H,26,27). The van der Waals surface area contributed by atoms with E-state index in [1.807, 2.05) is 0 Å². The molecule has 0 radical (unpaired) electrons. The van der Waals surface area contributed by atoms with Gasteiger partial charge >= 0.3 is 6.09 Å². The van der Waals surface area contributed by atoms with Gasteiger partial charge in [-0.3, -0.25) is 4.90 Å².